The summed E-state index contributed by atoms with van der Waals surface area (Å²) in [4.78, 5) is 6.99. The van der Waals surface area contributed by atoms with Crippen molar-refractivity contribution in [3.05, 3.63) is 17.7 Å². The molecule has 0 saturated carbocycles. The molecule has 0 saturated heterocycles. The number of aromatic nitrogens is 2. The highest BCUT2D eigenvalue weighted by atomic mass is 16.5. The number of anilines is 1. The average molecular weight is 301 g/mol. The second-order valence-electron chi connectivity index (χ2n) is 6.64. The Labute approximate surface area is 130 Å². The summed E-state index contributed by atoms with van der Waals surface area (Å²) in [6.45, 7) is 3.61. The van der Waals surface area contributed by atoms with Crippen molar-refractivity contribution >= 4 is 17.0 Å². The van der Waals surface area contributed by atoms with E-state index >= 15 is 0 Å². The molecule has 2 unspecified atom stereocenters. The smallest absolute Gasteiger partial charge is 0.203 e. The van der Waals surface area contributed by atoms with Gasteiger partial charge in [-0.3, -0.25) is 0 Å². The van der Waals surface area contributed by atoms with Crippen LogP contribution in [-0.2, 0) is 13.0 Å². The fourth-order valence-corrected chi connectivity index (χ4v) is 3.67. The summed E-state index contributed by atoms with van der Waals surface area (Å²) in [5.41, 5.74) is 9.32. The van der Waals surface area contributed by atoms with Gasteiger partial charge in [0.25, 0.3) is 0 Å². The number of nitrogens with one attached hydrogen (secondary N) is 1. The molecule has 0 amide bonds. The Morgan fingerprint density at radius 3 is 3.09 bits per heavy atom. The van der Waals surface area contributed by atoms with Gasteiger partial charge in [0, 0.05) is 44.1 Å². The average Bonchev–Trinajstić information content (AvgIpc) is 3.05. The molecule has 0 aliphatic carbocycles. The maximum Gasteiger partial charge on any atom is 0.203 e. The summed E-state index contributed by atoms with van der Waals surface area (Å²) in [6, 6.07) is 4.09. The van der Waals surface area contributed by atoms with Crippen molar-refractivity contribution in [2.45, 2.75) is 19.1 Å². The van der Waals surface area contributed by atoms with E-state index in [1.807, 2.05) is 6.07 Å². The molecule has 6 heteroatoms. The normalized spacial score (nSPS) is 23.3. The van der Waals surface area contributed by atoms with Crippen LogP contribution in [0.2, 0.25) is 0 Å². The van der Waals surface area contributed by atoms with Crippen LogP contribution in [0.4, 0.5) is 5.95 Å². The van der Waals surface area contributed by atoms with Crippen molar-refractivity contribution in [2.24, 2.45) is 11.7 Å². The zero-order valence-electron chi connectivity index (χ0n) is 13.2. The highest BCUT2D eigenvalue weighted by molar-refractivity contribution is 5.85. The summed E-state index contributed by atoms with van der Waals surface area (Å²) in [7, 11) is 4.25. The number of benzene rings is 1. The van der Waals surface area contributed by atoms with Crippen LogP contribution in [0.5, 0.6) is 5.75 Å². The molecule has 0 spiro atoms. The van der Waals surface area contributed by atoms with E-state index in [-0.39, 0.29) is 6.10 Å². The van der Waals surface area contributed by atoms with Gasteiger partial charge >= 0.3 is 0 Å². The lowest BCUT2D eigenvalue weighted by molar-refractivity contribution is 0.241. The van der Waals surface area contributed by atoms with Crippen LogP contribution in [0, 0.1) is 5.92 Å². The second-order valence-corrected chi connectivity index (χ2v) is 6.64. The molecule has 4 rings (SSSR count). The van der Waals surface area contributed by atoms with Crippen LogP contribution in [0.1, 0.15) is 5.56 Å². The van der Waals surface area contributed by atoms with Crippen molar-refractivity contribution < 1.29 is 4.74 Å². The van der Waals surface area contributed by atoms with Gasteiger partial charge < -0.3 is 25.3 Å². The maximum absolute atomic E-state index is 5.92. The van der Waals surface area contributed by atoms with Crippen molar-refractivity contribution in [3.63, 3.8) is 0 Å². The Morgan fingerprint density at radius 2 is 2.32 bits per heavy atom. The van der Waals surface area contributed by atoms with Crippen molar-refractivity contribution in [1.29, 1.82) is 0 Å². The zero-order chi connectivity index (χ0) is 15.3. The predicted molar refractivity (Wildman–Crippen MR) is 87.4 cm³/mol. The van der Waals surface area contributed by atoms with Crippen LogP contribution in [0.3, 0.4) is 0 Å². The molecule has 1 aromatic heterocycles. The Bertz CT molecular complexity index is 708. The highest BCUT2D eigenvalue weighted by Gasteiger charge is 2.29. The number of fused-ring (bicyclic) bond motifs is 5. The topological polar surface area (TPSA) is 68.3 Å². The largest absolute Gasteiger partial charge is 0.488 e. The minimum absolute atomic E-state index is 0.0980. The van der Waals surface area contributed by atoms with Crippen LogP contribution in [0.25, 0.3) is 11.0 Å². The Kier molecular flexibility index (Phi) is 3.23. The molecule has 6 nitrogen and oxygen atoms in total. The molecule has 0 fully saturated rings. The fraction of sp³-hybridized carbons (Fsp3) is 0.562. The molecule has 2 atom stereocenters. The van der Waals surface area contributed by atoms with Crippen LogP contribution in [-0.4, -0.2) is 54.3 Å². The first-order valence-corrected chi connectivity index (χ1v) is 7.93. The predicted octanol–water partition coefficient (Wildman–Crippen LogP) is 0.902. The number of nitrogens with two attached hydrogens (primary N) is 1. The zero-order valence-corrected chi connectivity index (χ0v) is 13.2. The summed E-state index contributed by atoms with van der Waals surface area (Å²) in [5, 5.41) is 3.48. The molecule has 3 N–H and O–H groups in total. The second kappa shape index (κ2) is 5.14. The third-order valence-electron chi connectivity index (χ3n) is 4.57. The van der Waals surface area contributed by atoms with E-state index in [2.05, 4.69) is 34.9 Å². The van der Waals surface area contributed by atoms with E-state index in [4.69, 9.17) is 15.5 Å². The first-order valence-electron chi connectivity index (χ1n) is 7.93. The molecule has 1 aromatic carbocycles. The lowest BCUT2D eigenvalue weighted by atomic mass is 10.1. The molecular weight excluding hydrogens is 278 g/mol. The minimum atomic E-state index is 0.0980. The van der Waals surface area contributed by atoms with Gasteiger partial charge in [0.05, 0.1) is 11.0 Å². The molecule has 0 bridgehead atoms. The van der Waals surface area contributed by atoms with Gasteiger partial charge in [-0.25, -0.2) is 4.98 Å². The third kappa shape index (κ3) is 2.14. The van der Waals surface area contributed by atoms with Crippen molar-refractivity contribution in [2.75, 3.05) is 39.0 Å². The standard InChI is InChI=1S/C16H23N5O/c1-20(2)8-10-7-18-16-19-13-3-4-14-12(5-11(6-17)22-14)15(13)21(16)9-10/h3-4,10-11H,5-9,17H2,1-2H3,(H,18,19). The fourth-order valence-electron chi connectivity index (χ4n) is 3.67. The van der Waals surface area contributed by atoms with E-state index < -0.39 is 0 Å². The van der Waals surface area contributed by atoms with E-state index in [1.54, 1.807) is 0 Å². The van der Waals surface area contributed by atoms with E-state index in [0.29, 0.717) is 12.5 Å². The van der Waals surface area contributed by atoms with Crippen molar-refractivity contribution in [1.82, 2.24) is 14.5 Å². The number of hydrogen-bond acceptors (Lipinski definition) is 5. The quantitative estimate of drug-likeness (QED) is 0.882. The number of nitrogens with zero attached hydrogens (tertiary/aromatic N) is 3. The SMILES string of the molecule is CN(C)CC1CNc2nc3ccc4c(c3n2C1)CC(CN)O4. The third-order valence-corrected chi connectivity index (χ3v) is 4.57. The van der Waals surface area contributed by atoms with E-state index in [0.717, 1.165) is 43.3 Å². The van der Waals surface area contributed by atoms with Gasteiger partial charge in [-0.1, -0.05) is 0 Å². The number of hydrogen-bond donors (Lipinski definition) is 2. The molecule has 3 heterocycles. The molecule has 2 aromatic rings. The van der Waals surface area contributed by atoms with E-state index in [9.17, 15) is 0 Å². The number of ether oxygens (including phenoxy) is 1. The molecule has 2 aliphatic rings. The maximum atomic E-state index is 5.92. The Balaban J connectivity index is 1.76. The van der Waals surface area contributed by atoms with E-state index in [1.165, 1.54) is 11.1 Å². The summed E-state index contributed by atoms with van der Waals surface area (Å²) < 4.78 is 8.25. The Hall–Kier alpha value is -1.79. The lowest BCUT2D eigenvalue weighted by Crippen LogP contribution is -2.34. The summed E-state index contributed by atoms with van der Waals surface area (Å²) in [6.07, 6.45) is 0.980. The summed E-state index contributed by atoms with van der Waals surface area (Å²) in [5.74, 6) is 2.54. The number of rotatable bonds is 3. The van der Waals surface area contributed by atoms with Gasteiger partial charge in [0.1, 0.15) is 11.9 Å². The van der Waals surface area contributed by atoms with Gasteiger partial charge in [-0.2, -0.15) is 0 Å². The van der Waals surface area contributed by atoms with Gasteiger partial charge in [-0.15, -0.1) is 0 Å². The van der Waals surface area contributed by atoms with Crippen molar-refractivity contribution in [3.8, 4) is 5.75 Å². The molecule has 0 radical (unpaired) electrons. The first-order chi connectivity index (χ1) is 10.7. The molecule has 118 valence electrons. The Morgan fingerprint density at radius 1 is 1.45 bits per heavy atom. The number of imidazole rings is 1. The van der Waals surface area contributed by atoms with Crippen LogP contribution >= 0.6 is 0 Å². The minimum Gasteiger partial charge on any atom is -0.488 e. The van der Waals surface area contributed by atoms with Crippen LogP contribution in [0.15, 0.2) is 12.1 Å². The van der Waals surface area contributed by atoms with Gasteiger partial charge in [-0.05, 0) is 26.2 Å². The first kappa shape index (κ1) is 13.8. The van der Waals surface area contributed by atoms with Gasteiger partial charge in [0.2, 0.25) is 5.95 Å². The van der Waals surface area contributed by atoms with Gasteiger partial charge in [0.15, 0.2) is 0 Å². The molecule has 2 aliphatic heterocycles. The van der Waals surface area contributed by atoms with Crippen LogP contribution < -0.4 is 15.8 Å². The highest BCUT2D eigenvalue weighted by Crippen LogP contribution is 2.37. The monoisotopic (exact) mass is 301 g/mol. The summed E-state index contributed by atoms with van der Waals surface area (Å²) >= 11 is 0. The molecular formula is C16H23N5O. The lowest BCUT2D eigenvalue weighted by Gasteiger charge is -2.27. The molecule has 22 heavy (non-hydrogen) atoms.